The van der Waals surface area contributed by atoms with Crippen molar-refractivity contribution >= 4 is 11.9 Å². The van der Waals surface area contributed by atoms with Crippen molar-refractivity contribution in [3.8, 4) is 0 Å². The van der Waals surface area contributed by atoms with Gasteiger partial charge in [0.2, 0.25) is 0 Å². The molecule has 1 aliphatic rings. The van der Waals surface area contributed by atoms with Crippen LogP contribution < -0.4 is 0 Å². The smallest absolute Gasteiger partial charge is 0.403 e. The van der Waals surface area contributed by atoms with E-state index in [-0.39, 0.29) is 32.1 Å². The molecule has 0 aromatic heterocycles. The van der Waals surface area contributed by atoms with E-state index >= 15 is 0 Å². The van der Waals surface area contributed by atoms with Crippen LogP contribution in [0.1, 0.15) is 27.6 Å². The molecule has 2 rings (SSSR count). The van der Waals surface area contributed by atoms with Crippen LogP contribution in [0, 0.1) is 0 Å². The van der Waals surface area contributed by atoms with Gasteiger partial charge in [0.05, 0.1) is 12.7 Å². The summed E-state index contributed by atoms with van der Waals surface area (Å²) in [5, 5.41) is 0. The summed E-state index contributed by atoms with van der Waals surface area (Å²) in [6.45, 7) is 1.94. The zero-order chi connectivity index (χ0) is 17.9. The van der Waals surface area contributed by atoms with E-state index in [4.69, 9.17) is 0 Å². The van der Waals surface area contributed by atoms with Crippen molar-refractivity contribution < 1.29 is 27.5 Å². The number of hydrogen-bond donors (Lipinski definition) is 0. The van der Waals surface area contributed by atoms with Crippen molar-refractivity contribution in [3.63, 3.8) is 0 Å². The normalized spacial score (nSPS) is 17.5. The third kappa shape index (κ3) is 4.05. The molecule has 0 spiro atoms. The van der Waals surface area contributed by atoms with E-state index in [2.05, 4.69) is 4.74 Å². The Morgan fingerprint density at radius 2 is 1.54 bits per heavy atom. The minimum atomic E-state index is -4.27. The predicted octanol–water partition coefficient (Wildman–Crippen LogP) is 2.18. The largest absolute Gasteiger partial charge is 0.465 e. The number of piperazine rings is 1. The van der Waals surface area contributed by atoms with Crippen LogP contribution in [0.2, 0.25) is 0 Å². The highest BCUT2D eigenvalue weighted by Gasteiger charge is 2.41. The number of halogens is 3. The average Bonchev–Trinajstić information content (AvgIpc) is 2.59. The Labute approximate surface area is 138 Å². The topological polar surface area (TPSA) is 49.9 Å². The van der Waals surface area contributed by atoms with Gasteiger partial charge in [0, 0.05) is 31.7 Å². The Morgan fingerprint density at radius 3 is 2.00 bits per heavy atom. The van der Waals surface area contributed by atoms with Gasteiger partial charge in [0.1, 0.15) is 6.04 Å². The van der Waals surface area contributed by atoms with E-state index in [0.717, 1.165) is 6.92 Å². The lowest BCUT2D eigenvalue weighted by Crippen LogP contribution is -2.54. The summed E-state index contributed by atoms with van der Waals surface area (Å²) in [7, 11) is 1.27. The van der Waals surface area contributed by atoms with Gasteiger partial charge in [-0.2, -0.15) is 13.2 Å². The Hall–Kier alpha value is -2.09. The highest BCUT2D eigenvalue weighted by atomic mass is 19.4. The van der Waals surface area contributed by atoms with E-state index in [9.17, 15) is 22.8 Å². The molecule has 1 aromatic carbocycles. The van der Waals surface area contributed by atoms with Gasteiger partial charge < -0.3 is 9.64 Å². The summed E-state index contributed by atoms with van der Waals surface area (Å²) < 4.78 is 42.8. The van der Waals surface area contributed by atoms with Gasteiger partial charge >= 0.3 is 12.1 Å². The third-order valence-corrected chi connectivity index (χ3v) is 4.18. The molecule has 1 saturated heterocycles. The first kappa shape index (κ1) is 18.3. The molecule has 1 unspecified atom stereocenters. The predicted molar refractivity (Wildman–Crippen MR) is 80.8 cm³/mol. The molecule has 0 saturated carbocycles. The molecule has 0 N–H and O–H groups in total. The number of carbonyl (C=O) groups is 2. The van der Waals surface area contributed by atoms with Gasteiger partial charge in [-0.05, 0) is 31.2 Å². The van der Waals surface area contributed by atoms with Gasteiger partial charge in [-0.3, -0.25) is 9.69 Å². The minimum Gasteiger partial charge on any atom is -0.465 e. The number of benzene rings is 1. The molecule has 132 valence electrons. The van der Waals surface area contributed by atoms with Crippen LogP contribution >= 0.6 is 0 Å². The van der Waals surface area contributed by atoms with Crippen LogP contribution in [0.25, 0.3) is 0 Å². The minimum absolute atomic E-state index is 0.173. The van der Waals surface area contributed by atoms with Crippen molar-refractivity contribution in [2.45, 2.75) is 19.1 Å². The Kier molecular flexibility index (Phi) is 5.48. The maximum absolute atomic E-state index is 12.7. The zero-order valence-electron chi connectivity index (χ0n) is 13.5. The van der Waals surface area contributed by atoms with Gasteiger partial charge in [0.25, 0.3) is 5.91 Å². The highest BCUT2D eigenvalue weighted by Crippen LogP contribution is 2.25. The van der Waals surface area contributed by atoms with Crippen molar-refractivity contribution in [3.05, 3.63) is 35.4 Å². The fourth-order valence-corrected chi connectivity index (χ4v) is 2.57. The number of alkyl halides is 3. The quantitative estimate of drug-likeness (QED) is 0.789. The fourth-order valence-electron chi connectivity index (χ4n) is 2.57. The first-order valence-electron chi connectivity index (χ1n) is 7.52. The van der Waals surface area contributed by atoms with Crippen LogP contribution in [0.4, 0.5) is 13.2 Å². The molecule has 0 radical (unpaired) electrons. The molecule has 8 heteroatoms. The number of rotatable bonds is 3. The van der Waals surface area contributed by atoms with Gasteiger partial charge in [0.15, 0.2) is 0 Å². The lowest BCUT2D eigenvalue weighted by molar-refractivity contribution is -0.181. The number of ether oxygens (including phenoxy) is 1. The Bertz CT molecular complexity index is 594. The standard InChI is InChI=1S/C16H19F3N2O3/c1-11(16(17,18)19)20-7-9-21(10-8-20)14(22)12-3-5-13(6-4-12)15(23)24-2/h3-6,11H,7-10H2,1-2H3. The lowest BCUT2D eigenvalue weighted by atomic mass is 10.1. The van der Waals surface area contributed by atoms with E-state index in [1.54, 1.807) is 0 Å². The monoisotopic (exact) mass is 344 g/mol. The van der Waals surface area contributed by atoms with Crippen LogP contribution in [-0.4, -0.2) is 67.2 Å². The number of amides is 1. The van der Waals surface area contributed by atoms with Crippen molar-refractivity contribution in [2.24, 2.45) is 0 Å². The second kappa shape index (κ2) is 7.21. The average molecular weight is 344 g/mol. The highest BCUT2D eigenvalue weighted by molar-refractivity contribution is 5.96. The van der Waals surface area contributed by atoms with Crippen LogP contribution in [0.15, 0.2) is 24.3 Å². The summed E-state index contributed by atoms with van der Waals surface area (Å²) >= 11 is 0. The SMILES string of the molecule is COC(=O)c1ccc(C(=O)N2CCN(C(C)C(F)(F)F)CC2)cc1. The number of carbonyl (C=O) groups excluding carboxylic acids is 2. The number of hydrogen-bond acceptors (Lipinski definition) is 4. The third-order valence-electron chi connectivity index (χ3n) is 4.18. The number of methoxy groups -OCH3 is 1. The number of nitrogens with zero attached hydrogens (tertiary/aromatic N) is 2. The molecule has 0 bridgehead atoms. The van der Waals surface area contributed by atoms with Gasteiger partial charge in [-0.15, -0.1) is 0 Å². The van der Waals surface area contributed by atoms with E-state index < -0.39 is 18.2 Å². The Morgan fingerprint density at radius 1 is 1.04 bits per heavy atom. The molecular formula is C16H19F3N2O3. The molecule has 0 aliphatic carbocycles. The molecule has 1 fully saturated rings. The summed E-state index contributed by atoms with van der Waals surface area (Å²) in [5.74, 6) is -0.755. The molecule has 1 atom stereocenters. The van der Waals surface area contributed by atoms with E-state index in [1.165, 1.54) is 41.2 Å². The summed E-state index contributed by atoms with van der Waals surface area (Å²) in [6, 6.07) is 4.48. The Balaban J connectivity index is 1.96. The first-order valence-corrected chi connectivity index (χ1v) is 7.52. The van der Waals surface area contributed by atoms with Crippen molar-refractivity contribution in [1.82, 2.24) is 9.80 Å². The molecule has 1 heterocycles. The van der Waals surface area contributed by atoms with Crippen molar-refractivity contribution in [1.29, 1.82) is 0 Å². The van der Waals surface area contributed by atoms with E-state index in [0.29, 0.717) is 11.1 Å². The molecule has 1 aliphatic heterocycles. The van der Waals surface area contributed by atoms with Crippen LogP contribution in [-0.2, 0) is 4.74 Å². The second-order valence-corrected chi connectivity index (χ2v) is 5.61. The molecule has 1 aromatic rings. The lowest BCUT2D eigenvalue weighted by Gasteiger charge is -2.38. The summed E-state index contributed by atoms with van der Waals surface area (Å²) in [4.78, 5) is 26.6. The van der Waals surface area contributed by atoms with E-state index in [1.807, 2.05) is 0 Å². The van der Waals surface area contributed by atoms with Gasteiger partial charge in [-0.1, -0.05) is 0 Å². The molecular weight excluding hydrogens is 325 g/mol. The zero-order valence-corrected chi connectivity index (χ0v) is 13.5. The van der Waals surface area contributed by atoms with Crippen molar-refractivity contribution in [2.75, 3.05) is 33.3 Å². The van der Waals surface area contributed by atoms with Gasteiger partial charge in [-0.25, -0.2) is 4.79 Å². The molecule has 24 heavy (non-hydrogen) atoms. The number of esters is 1. The maximum atomic E-state index is 12.7. The fraction of sp³-hybridized carbons (Fsp3) is 0.500. The summed E-state index contributed by atoms with van der Waals surface area (Å²) in [5.41, 5.74) is 0.720. The van der Waals surface area contributed by atoms with Crippen LogP contribution in [0.3, 0.4) is 0 Å². The molecule has 5 nitrogen and oxygen atoms in total. The molecule has 1 amide bonds. The maximum Gasteiger partial charge on any atom is 0.403 e. The first-order chi connectivity index (χ1) is 11.2. The second-order valence-electron chi connectivity index (χ2n) is 5.61. The summed E-state index contributed by atoms with van der Waals surface area (Å²) in [6.07, 6.45) is -4.27. The van der Waals surface area contributed by atoms with Crippen LogP contribution in [0.5, 0.6) is 0 Å².